The van der Waals surface area contributed by atoms with Gasteiger partial charge in [0.15, 0.2) is 9.84 Å². The van der Waals surface area contributed by atoms with Crippen LogP contribution in [0.4, 0.5) is 5.69 Å². The van der Waals surface area contributed by atoms with Crippen molar-refractivity contribution in [3.63, 3.8) is 0 Å². The van der Waals surface area contributed by atoms with E-state index in [9.17, 15) is 18.0 Å². The van der Waals surface area contributed by atoms with Crippen molar-refractivity contribution in [3.8, 4) is 5.75 Å². The smallest absolute Gasteiger partial charge is 0.240 e. The van der Waals surface area contributed by atoms with Crippen LogP contribution in [0.2, 0.25) is 0 Å². The number of benzene rings is 1. The molecule has 1 aliphatic heterocycles. The van der Waals surface area contributed by atoms with Crippen molar-refractivity contribution in [3.05, 3.63) is 24.3 Å². The normalized spacial score (nSPS) is 22.5. The Morgan fingerprint density at radius 3 is 2.42 bits per heavy atom. The molecule has 0 radical (unpaired) electrons. The lowest BCUT2D eigenvalue weighted by atomic mass is 10.0. The van der Waals surface area contributed by atoms with Gasteiger partial charge in [0.1, 0.15) is 11.2 Å². The Kier molecular flexibility index (Phi) is 4.96. The minimum Gasteiger partial charge on any atom is -0.494 e. The van der Waals surface area contributed by atoms with E-state index in [0.717, 1.165) is 0 Å². The number of rotatable bonds is 6. The van der Waals surface area contributed by atoms with Crippen LogP contribution < -0.4 is 10.1 Å². The van der Waals surface area contributed by atoms with E-state index in [2.05, 4.69) is 5.32 Å². The van der Waals surface area contributed by atoms with Crippen molar-refractivity contribution in [2.24, 2.45) is 5.41 Å². The maximum absolute atomic E-state index is 12.8. The average Bonchev–Trinajstić information content (AvgIpc) is 3.34. The van der Waals surface area contributed by atoms with E-state index in [1.54, 1.807) is 31.3 Å². The van der Waals surface area contributed by atoms with Gasteiger partial charge in [0.2, 0.25) is 11.8 Å². The zero-order chi connectivity index (χ0) is 18.9. The van der Waals surface area contributed by atoms with E-state index < -0.39 is 15.3 Å². The molecule has 1 saturated heterocycles. The van der Waals surface area contributed by atoms with Crippen LogP contribution in [0.25, 0.3) is 0 Å². The molecule has 142 valence electrons. The molecule has 26 heavy (non-hydrogen) atoms. The van der Waals surface area contributed by atoms with Crippen molar-refractivity contribution in [2.45, 2.75) is 32.2 Å². The van der Waals surface area contributed by atoms with Gasteiger partial charge in [0.25, 0.3) is 0 Å². The van der Waals surface area contributed by atoms with E-state index in [1.165, 1.54) is 4.90 Å². The molecule has 8 heteroatoms. The average molecular weight is 380 g/mol. The number of nitrogens with one attached hydrogen (secondary N) is 1. The van der Waals surface area contributed by atoms with Crippen molar-refractivity contribution in [2.75, 3.05) is 30.5 Å². The molecule has 3 rings (SSSR count). The molecule has 1 heterocycles. The Morgan fingerprint density at radius 2 is 1.92 bits per heavy atom. The van der Waals surface area contributed by atoms with Gasteiger partial charge in [-0.2, -0.15) is 0 Å². The van der Waals surface area contributed by atoms with Crippen molar-refractivity contribution < 1.29 is 22.7 Å². The number of amides is 2. The van der Waals surface area contributed by atoms with Crippen LogP contribution in [0.15, 0.2) is 24.3 Å². The van der Waals surface area contributed by atoms with E-state index in [1.807, 2.05) is 6.92 Å². The van der Waals surface area contributed by atoms with Crippen LogP contribution in [0, 0.1) is 5.41 Å². The Balaban J connectivity index is 1.65. The van der Waals surface area contributed by atoms with E-state index in [-0.39, 0.29) is 29.4 Å². The Bertz CT molecular complexity index is 799. The fourth-order valence-electron chi connectivity index (χ4n) is 3.30. The van der Waals surface area contributed by atoms with Crippen molar-refractivity contribution in [1.82, 2.24) is 4.90 Å². The van der Waals surface area contributed by atoms with Crippen LogP contribution in [0.1, 0.15) is 26.2 Å². The molecule has 1 aliphatic carbocycles. The first-order valence-corrected chi connectivity index (χ1v) is 10.6. The van der Waals surface area contributed by atoms with Crippen LogP contribution in [0.3, 0.4) is 0 Å². The summed E-state index contributed by atoms with van der Waals surface area (Å²) in [6, 6.07) is 6.64. The second-order valence-corrected chi connectivity index (χ2v) is 9.20. The summed E-state index contributed by atoms with van der Waals surface area (Å²) < 4.78 is 28.7. The highest BCUT2D eigenvalue weighted by atomic mass is 32.2. The maximum Gasteiger partial charge on any atom is 0.240 e. The van der Waals surface area contributed by atoms with Crippen molar-refractivity contribution in [1.29, 1.82) is 0 Å². The van der Waals surface area contributed by atoms with Crippen LogP contribution in [0.5, 0.6) is 5.75 Å². The molecule has 2 fully saturated rings. The van der Waals surface area contributed by atoms with Crippen LogP contribution >= 0.6 is 0 Å². The lowest BCUT2D eigenvalue weighted by Gasteiger charge is -2.27. The van der Waals surface area contributed by atoms with Gasteiger partial charge in [-0.1, -0.05) is 0 Å². The zero-order valence-corrected chi connectivity index (χ0v) is 15.8. The van der Waals surface area contributed by atoms with Crippen LogP contribution in [-0.2, 0) is 19.4 Å². The first kappa shape index (κ1) is 18.7. The highest BCUT2D eigenvalue weighted by Gasteiger charge is 2.58. The zero-order valence-electron chi connectivity index (χ0n) is 15.0. The summed E-state index contributed by atoms with van der Waals surface area (Å²) in [5.41, 5.74) is -0.469. The summed E-state index contributed by atoms with van der Waals surface area (Å²) in [7, 11) is -1.49. The number of anilines is 1. The van der Waals surface area contributed by atoms with Gasteiger partial charge in [-0.25, -0.2) is 8.42 Å². The molecule has 1 aromatic carbocycles. The highest BCUT2D eigenvalue weighted by molar-refractivity contribution is 7.91. The molecule has 1 N–H and O–H groups in total. The van der Waals surface area contributed by atoms with Gasteiger partial charge in [0, 0.05) is 18.8 Å². The number of ether oxygens (including phenoxy) is 1. The number of hydrogen-bond acceptors (Lipinski definition) is 5. The third-order valence-corrected chi connectivity index (χ3v) is 6.84. The molecular formula is C18H24N2O5S. The van der Waals surface area contributed by atoms with Gasteiger partial charge in [0.05, 0.1) is 18.1 Å². The number of carbonyl (C=O) groups is 2. The number of hydrogen-bond donors (Lipinski definition) is 1. The summed E-state index contributed by atoms with van der Waals surface area (Å²) in [6.07, 6.45) is 1.40. The number of carbonyl (C=O) groups excluding carboxylic acids is 2. The minimum absolute atomic E-state index is 0.0220. The summed E-state index contributed by atoms with van der Waals surface area (Å²) in [5, 5.41) is 2.80. The quantitative estimate of drug-likeness (QED) is 0.754. The molecule has 0 spiro atoms. The van der Waals surface area contributed by atoms with Crippen LogP contribution in [-0.4, -0.2) is 56.3 Å². The second kappa shape index (κ2) is 6.90. The topological polar surface area (TPSA) is 92.8 Å². The van der Waals surface area contributed by atoms with Gasteiger partial charge in [-0.15, -0.1) is 0 Å². The van der Waals surface area contributed by atoms with E-state index >= 15 is 0 Å². The predicted octanol–water partition coefficient (Wildman–Crippen LogP) is 1.45. The van der Waals surface area contributed by atoms with Crippen molar-refractivity contribution >= 4 is 27.3 Å². The van der Waals surface area contributed by atoms with Gasteiger partial charge in [-0.3, -0.25) is 9.59 Å². The monoisotopic (exact) mass is 380 g/mol. The fourth-order valence-corrected chi connectivity index (χ4v) is 5.07. The molecule has 2 amide bonds. The highest BCUT2D eigenvalue weighted by Crippen LogP contribution is 2.48. The lowest BCUT2D eigenvalue weighted by molar-refractivity contribution is -0.142. The molecular weight excluding hydrogens is 356 g/mol. The lowest BCUT2D eigenvalue weighted by Crippen LogP contribution is -2.46. The molecule has 7 nitrogen and oxygen atoms in total. The van der Waals surface area contributed by atoms with E-state index in [4.69, 9.17) is 4.74 Å². The Morgan fingerprint density at radius 1 is 1.27 bits per heavy atom. The predicted molar refractivity (Wildman–Crippen MR) is 97.7 cm³/mol. The van der Waals surface area contributed by atoms with Gasteiger partial charge >= 0.3 is 0 Å². The largest absolute Gasteiger partial charge is 0.494 e. The molecule has 1 atom stereocenters. The SMILES string of the molecule is CCOc1ccc(NC(=O)C2(C(=O)N(C)C3CCS(=O)(=O)C3)CC2)cc1. The summed E-state index contributed by atoms with van der Waals surface area (Å²) in [4.78, 5) is 27.0. The first-order chi connectivity index (χ1) is 12.3. The van der Waals surface area contributed by atoms with Gasteiger partial charge in [-0.05, 0) is 50.5 Å². The second-order valence-electron chi connectivity index (χ2n) is 6.97. The standard InChI is InChI=1S/C18H24N2O5S/c1-3-25-15-6-4-13(5-7-15)19-16(21)18(9-10-18)17(22)20(2)14-8-11-26(23,24)12-14/h4-7,14H,3,8-12H2,1-2H3,(H,19,21). The number of sulfone groups is 1. The summed E-state index contributed by atoms with van der Waals surface area (Å²) in [5.74, 6) is 0.166. The Labute approximate surface area is 153 Å². The molecule has 0 aromatic heterocycles. The molecule has 1 saturated carbocycles. The molecule has 1 unspecified atom stereocenters. The number of nitrogens with zero attached hydrogens (tertiary/aromatic N) is 1. The first-order valence-electron chi connectivity index (χ1n) is 8.79. The Hall–Kier alpha value is -2.09. The van der Waals surface area contributed by atoms with E-state index in [0.29, 0.717) is 37.3 Å². The molecule has 0 bridgehead atoms. The third-order valence-electron chi connectivity index (χ3n) is 5.09. The summed E-state index contributed by atoms with van der Waals surface area (Å²) >= 11 is 0. The van der Waals surface area contributed by atoms with Gasteiger partial charge < -0.3 is 15.0 Å². The maximum atomic E-state index is 12.8. The fraction of sp³-hybridized carbons (Fsp3) is 0.556. The third kappa shape index (κ3) is 3.70. The molecule has 1 aromatic rings. The minimum atomic E-state index is -3.08. The summed E-state index contributed by atoms with van der Waals surface area (Å²) in [6.45, 7) is 2.46. The molecule has 2 aliphatic rings.